The van der Waals surface area contributed by atoms with Gasteiger partial charge in [-0.15, -0.1) is 11.3 Å². The number of amides is 1. The Morgan fingerprint density at radius 2 is 2.08 bits per heavy atom. The van der Waals surface area contributed by atoms with Crippen LogP contribution in [0.2, 0.25) is 0 Å². The topological polar surface area (TPSA) is 70.6 Å². The standard InChI is InChI=1S/C18H21N3O3S2/c1-13-17(25-12-19-13)18(22)20-9-4-6-15(11-20)26(23,24)21-10-8-14-5-2-3-7-16(14)21/h2-3,5,7,12,15H,4,6,8-11H2,1H3/t15-/m0/s1. The number of anilines is 1. The first-order valence-corrected chi connectivity index (χ1v) is 11.2. The second kappa shape index (κ2) is 6.66. The van der Waals surface area contributed by atoms with Crippen LogP contribution in [0, 0.1) is 6.92 Å². The fourth-order valence-electron chi connectivity index (χ4n) is 3.77. The van der Waals surface area contributed by atoms with Gasteiger partial charge in [0.2, 0.25) is 10.0 Å². The normalized spacial score (nSPS) is 20.3. The highest BCUT2D eigenvalue weighted by atomic mass is 32.2. The van der Waals surface area contributed by atoms with E-state index < -0.39 is 15.3 Å². The predicted octanol–water partition coefficient (Wildman–Crippen LogP) is 2.45. The maximum Gasteiger partial charge on any atom is 0.265 e. The van der Waals surface area contributed by atoms with E-state index in [1.54, 1.807) is 14.7 Å². The van der Waals surface area contributed by atoms with E-state index in [4.69, 9.17) is 0 Å². The van der Waals surface area contributed by atoms with Gasteiger partial charge in [0, 0.05) is 19.6 Å². The molecule has 0 N–H and O–H groups in total. The molecule has 8 heteroatoms. The van der Waals surface area contributed by atoms with E-state index in [1.807, 2.05) is 31.2 Å². The lowest BCUT2D eigenvalue weighted by Crippen LogP contribution is -2.49. The van der Waals surface area contributed by atoms with Crippen LogP contribution in [0.1, 0.15) is 33.8 Å². The average molecular weight is 392 g/mol. The number of thiazole rings is 1. The molecule has 2 aliphatic rings. The number of rotatable bonds is 3. The monoisotopic (exact) mass is 391 g/mol. The Labute approximate surface area is 157 Å². The lowest BCUT2D eigenvalue weighted by Gasteiger charge is -2.34. The van der Waals surface area contributed by atoms with Crippen molar-refractivity contribution in [1.29, 1.82) is 0 Å². The van der Waals surface area contributed by atoms with Crippen molar-refractivity contribution in [3.05, 3.63) is 45.9 Å². The molecular formula is C18H21N3O3S2. The van der Waals surface area contributed by atoms with Crippen LogP contribution < -0.4 is 4.31 Å². The van der Waals surface area contributed by atoms with Gasteiger partial charge in [-0.2, -0.15) is 0 Å². The molecule has 138 valence electrons. The number of aromatic nitrogens is 1. The fraction of sp³-hybridized carbons (Fsp3) is 0.444. The first-order valence-electron chi connectivity index (χ1n) is 8.77. The summed E-state index contributed by atoms with van der Waals surface area (Å²) in [6, 6.07) is 7.66. The highest BCUT2D eigenvalue weighted by Gasteiger charge is 2.39. The number of benzene rings is 1. The number of hydrogen-bond donors (Lipinski definition) is 0. The number of aryl methyl sites for hydroxylation is 1. The minimum Gasteiger partial charge on any atom is -0.337 e. The Hall–Kier alpha value is -1.93. The summed E-state index contributed by atoms with van der Waals surface area (Å²) in [7, 11) is -3.49. The summed E-state index contributed by atoms with van der Waals surface area (Å²) in [5.74, 6) is -0.105. The number of fused-ring (bicyclic) bond motifs is 1. The lowest BCUT2D eigenvalue weighted by molar-refractivity contribution is 0.0731. The Morgan fingerprint density at radius 1 is 1.27 bits per heavy atom. The van der Waals surface area contributed by atoms with E-state index in [-0.39, 0.29) is 12.5 Å². The number of carbonyl (C=O) groups excluding carboxylic acids is 1. The fourth-order valence-corrected chi connectivity index (χ4v) is 6.53. The molecule has 1 fully saturated rings. The molecule has 0 saturated carbocycles. The number of hydrogen-bond acceptors (Lipinski definition) is 5. The molecule has 0 radical (unpaired) electrons. The minimum absolute atomic E-state index is 0.105. The zero-order valence-electron chi connectivity index (χ0n) is 14.6. The summed E-state index contributed by atoms with van der Waals surface area (Å²) in [5, 5.41) is -0.556. The van der Waals surface area contributed by atoms with Crippen molar-refractivity contribution >= 4 is 33.0 Å². The summed E-state index contributed by atoms with van der Waals surface area (Å²) in [4.78, 5) is 19.2. The summed E-state index contributed by atoms with van der Waals surface area (Å²) >= 11 is 1.31. The van der Waals surface area contributed by atoms with Crippen LogP contribution in [0.4, 0.5) is 5.69 Å². The van der Waals surface area contributed by atoms with Crippen molar-refractivity contribution in [2.24, 2.45) is 0 Å². The van der Waals surface area contributed by atoms with Crippen molar-refractivity contribution in [2.45, 2.75) is 31.4 Å². The van der Waals surface area contributed by atoms with Gasteiger partial charge in [-0.1, -0.05) is 18.2 Å². The van der Waals surface area contributed by atoms with Crippen molar-refractivity contribution < 1.29 is 13.2 Å². The minimum atomic E-state index is -3.49. The van der Waals surface area contributed by atoms with Gasteiger partial charge in [-0.25, -0.2) is 13.4 Å². The molecule has 1 aromatic heterocycles. The highest BCUT2D eigenvalue weighted by molar-refractivity contribution is 7.93. The van der Waals surface area contributed by atoms with Gasteiger partial charge in [0.15, 0.2) is 0 Å². The van der Waals surface area contributed by atoms with Crippen molar-refractivity contribution in [2.75, 3.05) is 23.9 Å². The van der Waals surface area contributed by atoms with Crippen molar-refractivity contribution in [3.63, 3.8) is 0 Å². The molecule has 0 aliphatic carbocycles. The van der Waals surface area contributed by atoms with Gasteiger partial charge < -0.3 is 4.90 Å². The highest BCUT2D eigenvalue weighted by Crippen LogP contribution is 2.33. The predicted molar refractivity (Wildman–Crippen MR) is 102 cm³/mol. The molecule has 0 spiro atoms. The molecule has 26 heavy (non-hydrogen) atoms. The molecule has 0 unspecified atom stereocenters. The van der Waals surface area contributed by atoms with Crippen LogP contribution >= 0.6 is 11.3 Å². The van der Waals surface area contributed by atoms with Gasteiger partial charge in [0.05, 0.1) is 22.1 Å². The van der Waals surface area contributed by atoms with Gasteiger partial charge >= 0.3 is 0 Å². The third kappa shape index (κ3) is 2.91. The van der Waals surface area contributed by atoms with E-state index >= 15 is 0 Å². The zero-order valence-corrected chi connectivity index (χ0v) is 16.2. The summed E-state index contributed by atoms with van der Waals surface area (Å²) in [5.41, 5.74) is 4.22. The lowest BCUT2D eigenvalue weighted by atomic mass is 10.1. The number of para-hydroxylation sites is 1. The number of sulfonamides is 1. The zero-order chi connectivity index (χ0) is 18.3. The summed E-state index contributed by atoms with van der Waals surface area (Å²) < 4.78 is 28.0. The van der Waals surface area contributed by atoms with Gasteiger partial charge in [-0.05, 0) is 37.8 Å². The average Bonchev–Trinajstić information content (AvgIpc) is 3.27. The first-order chi connectivity index (χ1) is 12.5. The van der Waals surface area contributed by atoms with Crippen LogP contribution in [0.15, 0.2) is 29.8 Å². The molecule has 6 nitrogen and oxygen atoms in total. The molecule has 2 aliphatic heterocycles. The third-order valence-corrected chi connectivity index (χ3v) is 8.32. The SMILES string of the molecule is Cc1ncsc1C(=O)N1CCC[C@H](S(=O)(=O)N2CCc3ccccc32)C1. The smallest absolute Gasteiger partial charge is 0.265 e. The quantitative estimate of drug-likeness (QED) is 0.806. The van der Waals surface area contributed by atoms with Gasteiger partial charge in [0.1, 0.15) is 4.88 Å². The summed E-state index contributed by atoms with van der Waals surface area (Å²) in [6.45, 7) is 3.14. The molecular weight excluding hydrogens is 370 g/mol. The van der Waals surface area contributed by atoms with Crippen LogP contribution in [-0.4, -0.2) is 49.1 Å². The summed E-state index contributed by atoms with van der Waals surface area (Å²) in [6.07, 6.45) is 2.03. The van der Waals surface area contributed by atoms with Crippen molar-refractivity contribution in [1.82, 2.24) is 9.88 Å². The van der Waals surface area contributed by atoms with E-state index in [1.165, 1.54) is 11.3 Å². The third-order valence-electron chi connectivity index (χ3n) is 5.18. The van der Waals surface area contributed by atoms with E-state index in [9.17, 15) is 13.2 Å². The second-order valence-electron chi connectivity index (χ2n) is 6.78. The Bertz CT molecular complexity index is 939. The van der Waals surface area contributed by atoms with Gasteiger partial charge in [0.25, 0.3) is 5.91 Å². The molecule has 1 aromatic carbocycles. The maximum absolute atomic E-state index is 13.3. The largest absolute Gasteiger partial charge is 0.337 e. The van der Waals surface area contributed by atoms with Crippen LogP contribution in [-0.2, 0) is 16.4 Å². The molecule has 1 atom stereocenters. The maximum atomic E-state index is 13.3. The van der Waals surface area contributed by atoms with Crippen LogP contribution in [0.5, 0.6) is 0 Å². The van der Waals surface area contributed by atoms with E-state index in [2.05, 4.69) is 4.98 Å². The molecule has 1 saturated heterocycles. The Balaban J connectivity index is 1.56. The van der Waals surface area contributed by atoms with Gasteiger partial charge in [-0.3, -0.25) is 9.10 Å². The molecule has 3 heterocycles. The Kier molecular flexibility index (Phi) is 4.48. The number of carbonyl (C=O) groups is 1. The van der Waals surface area contributed by atoms with Crippen molar-refractivity contribution in [3.8, 4) is 0 Å². The number of likely N-dealkylation sites (tertiary alicyclic amines) is 1. The Morgan fingerprint density at radius 3 is 2.85 bits per heavy atom. The molecule has 1 amide bonds. The first kappa shape index (κ1) is 17.5. The van der Waals surface area contributed by atoms with Crippen LogP contribution in [0.3, 0.4) is 0 Å². The van der Waals surface area contributed by atoms with Crippen LogP contribution in [0.25, 0.3) is 0 Å². The second-order valence-corrected chi connectivity index (χ2v) is 9.77. The number of nitrogens with zero attached hydrogens (tertiary/aromatic N) is 3. The van der Waals surface area contributed by atoms with E-state index in [0.717, 1.165) is 17.7 Å². The molecule has 4 rings (SSSR count). The molecule has 0 bridgehead atoms. The van der Waals surface area contributed by atoms with E-state index in [0.29, 0.717) is 36.5 Å². The number of piperidine rings is 1. The molecule has 2 aromatic rings.